The molecule has 0 aliphatic carbocycles. The number of carbonyl (C=O) groups is 3. The number of carboxylic acids is 1. The van der Waals surface area contributed by atoms with E-state index < -0.39 is 5.97 Å². The van der Waals surface area contributed by atoms with Crippen molar-refractivity contribution in [3.05, 3.63) is 28.0 Å². The van der Waals surface area contributed by atoms with Crippen LogP contribution in [-0.2, 0) is 9.59 Å². The van der Waals surface area contributed by atoms with Gasteiger partial charge in [0, 0.05) is 30.5 Å². The number of carboxylic acid groups (broad SMARTS) is 1. The van der Waals surface area contributed by atoms with Crippen molar-refractivity contribution in [3.8, 4) is 0 Å². The Morgan fingerprint density at radius 1 is 1.30 bits per heavy atom. The molecule has 0 saturated heterocycles. The van der Waals surface area contributed by atoms with Crippen molar-refractivity contribution in [3.63, 3.8) is 0 Å². The molecule has 0 fully saturated rings. The Balaban J connectivity index is 2.44. The molecule has 0 aliphatic rings. The van der Waals surface area contributed by atoms with Crippen molar-refractivity contribution in [1.82, 2.24) is 10.6 Å². The van der Waals surface area contributed by atoms with Crippen molar-refractivity contribution in [2.45, 2.75) is 13.3 Å². The van der Waals surface area contributed by atoms with Gasteiger partial charge in [0.05, 0.1) is 4.88 Å². The largest absolute Gasteiger partial charge is 0.478 e. The second-order valence-corrected chi connectivity index (χ2v) is 4.95. The van der Waals surface area contributed by atoms with Crippen molar-refractivity contribution in [1.29, 1.82) is 0 Å². The number of hydrogen-bond donors (Lipinski definition) is 3. The minimum Gasteiger partial charge on any atom is -0.478 e. The third kappa shape index (κ3) is 5.66. The summed E-state index contributed by atoms with van der Waals surface area (Å²) >= 11 is 1.19. The minimum absolute atomic E-state index is 0.107. The average molecular weight is 296 g/mol. The lowest BCUT2D eigenvalue weighted by atomic mass is 10.3. The molecule has 1 aromatic rings. The zero-order chi connectivity index (χ0) is 15.0. The van der Waals surface area contributed by atoms with Gasteiger partial charge in [-0.2, -0.15) is 0 Å². The van der Waals surface area contributed by atoms with Gasteiger partial charge < -0.3 is 15.7 Å². The SMILES string of the molecule is CCNC(=O)CCNC(=O)c1ccc(/C=C/C(=O)O)s1. The van der Waals surface area contributed by atoms with Crippen LogP contribution in [0.25, 0.3) is 6.08 Å². The predicted octanol–water partition coefficient (Wildman–Crippen LogP) is 1.10. The molecule has 7 heteroatoms. The molecule has 0 aromatic carbocycles. The van der Waals surface area contributed by atoms with Gasteiger partial charge in [-0.1, -0.05) is 0 Å². The highest BCUT2D eigenvalue weighted by Crippen LogP contribution is 2.17. The summed E-state index contributed by atoms with van der Waals surface area (Å²) in [4.78, 5) is 34.5. The molecular weight excluding hydrogens is 280 g/mol. The van der Waals surface area contributed by atoms with Crippen molar-refractivity contribution in [2.24, 2.45) is 0 Å². The summed E-state index contributed by atoms with van der Waals surface area (Å²) < 4.78 is 0. The Hall–Kier alpha value is -2.15. The van der Waals surface area contributed by atoms with Gasteiger partial charge in [0.15, 0.2) is 0 Å². The van der Waals surface area contributed by atoms with E-state index in [-0.39, 0.29) is 24.8 Å². The fourth-order valence-electron chi connectivity index (χ4n) is 1.38. The molecule has 0 unspecified atom stereocenters. The van der Waals surface area contributed by atoms with Gasteiger partial charge in [0.25, 0.3) is 5.91 Å². The fourth-order valence-corrected chi connectivity index (χ4v) is 2.21. The standard InChI is InChI=1S/C13H16N2O4S/c1-2-14-11(16)7-8-15-13(19)10-5-3-9(20-10)4-6-12(17)18/h3-6H,2,7-8H2,1H3,(H,14,16)(H,15,19)(H,17,18)/b6-4+. The topological polar surface area (TPSA) is 95.5 Å². The van der Waals surface area contributed by atoms with Gasteiger partial charge in [0.1, 0.15) is 0 Å². The first-order valence-electron chi connectivity index (χ1n) is 6.08. The first-order chi connectivity index (χ1) is 9.52. The maximum atomic E-state index is 11.8. The van der Waals surface area contributed by atoms with Crippen LogP contribution in [0, 0.1) is 0 Å². The van der Waals surface area contributed by atoms with Crippen LogP contribution < -0.4 is 10.6 Å². The van der Waals surface area contributed by atoms with E-state index >= 15 is 0 Å². The van der Waals surface area contributed by atoms with E-state index in [2.05, 4.69) is 10.6 Å². The Labute approximate surface area is 120 Å². The smallest absolute Gasteiger partial charge is 0.328 e. The third-order valence-corrected chi connectivity index (χ3v) is 3.30. The van der Waals surface area contributed by atoms with Gasteiger partial charge in [-0.3, -0.25) is 9.59 Å². The molecule has 0 bridgehead atoms. The van der Waals surface area contributed by atoms with Crippen LogP contribution in [0.15, 0.2) is 18.2 Å². The molecule has 0 saturated carbocycles. The number of amides is 2. The summed E-state index contributed by atoms with van der Waals surface area (Å²) in [7, 11) is 0. The summed E-state index contributed by atoms with van der Waals surface area (Å²) in [6, 6.07) is 3.29. The summed E-state index contributed by atoms with van der Waals surface area (Å²) in [5, 5.41) is 13.8. The van der Waals surface area contributed by atoms with Gasteiger partial charge in [-0.25, -0.2) is 4.79 Å². The zero-order valence-electron chi connectivity index (χ0n) is 11.0. The van der Waals surface area contributed by atoms with Crippen LogP contribution in [0.2, 0.25) is 0 Å². The Morgan fingerprint density at radius 2 is 2.05 bits per heavy atom. The summed E-state index contributed by atoms with van der Waals surface area (Å²) in [5.74, 6) is -1.41. The first-order valence-corrected chi connectivity index (χ1v) is 6.90. The molecule has 0 aliphatic heterocycles. The van der Waals surface area contributed by atoms with E-state index in [0.29, 0.717) is 16.3 Å². The fraction of sp³-hybridized carbons (Fsp3) is 0.308. The van der Waals surface area contributed by atoms with Crippen molar-refractivity contribution >= 4 is 35.2 Å². The maximum Gasteiger partial charge on any atom is 0.328 e. The van der Waals surface area contributed by atoms with E-state index in [0.717, 1.165) is 6.08 Å². The predicted molar refractivity (Wildman–Crippen MR) is 76.6 cm³/mol. The first kappa shape index (κ1) is 15.9. The lowest BCUT2D eigenvalue weighted by Crippen LogP contribution is -2.30. The lowest BCUT2D eigenvalue weighted by Gasteiger charge is -2.03. The van der Waals surface area contributed by atoms with Crippen LogP contribution >= 0.6 is 11.3 Å². The Morgan fingerprint density at radius 3 is 2.70 bits per heavy atom. The second-order valence-electron chi connectivity index (χ2n) is 3.83. The molecule has 1 rings (SSSR count). The van der Waals surface area contributed by atoms with Crippen LogP contribution in [0.4, 0.5) is 0 Å². The molecule has 0 radical (unpaired) electrons. The highest BCUT2D eigenvalue weighted by Gasteiger charge is 2.08. The van der Waals surface area contributed by atoms with Gasteiger partial charge >= 0.3 is 5.97 Å². The van der Waals surface area contributed by atoms with E-state index in [1.165, 1.54) is 17.4 Å². The second kappa shape index (κ2) is 8.11. The molecule has 0 atom stereocenters. The highest BCUT2D eigenvalue weighted by atomic mass is 32.1. The van der Waals surface area contributed by atoms with E-state index in [1.807, 2.05) is 6.92 Å². The zero-order valence-corrected chi connectivity index (χ0v) is 11.8. The van der Waals surface area contributed by atoms with Gasteiger partial charge in [0.2, 0.25) is 5.91 Å². The van der Waals surface area contributed by atoms with Crippen molar-refractivity contribution < 1.29 is 19.5 Å². The molecule has 20 heavy (non-hydrogen) atoms. The molecule has 1 aromatic heterocycles. The molecular formula is C13H16N2O4S. The Bertz CT molecular complexity index is 522. The minimum atomic E-state index is -1.04. The number of nitrogens with one attached hydrogen (secondary N) is 2. The Kier molecular flexibility index (Phi) is 6.45. The van der Waals surface area contributed by atoms with Crippen LogP contribution in [0.3, 0.4) is 0 Å². The highest BCUT2D eigenvalue weighted by molar-refractivity contribution is 7.14. The molecule has 3 N–H and O–H groups in total. The maximum absolute atomic E-state index is 11.8. The van der Waals surface area contributed by atoms with Crippen LogP contribution in [0.1, 0.15) is 27.9 Å². The number of thiophene rings is 1. The molecule has 2 amide bonds. The molecule has 108 valence electrons. The molecule has 6 nitrogen and oxygen atoms in total. The number of rotatable bonds is 7. The lowest BCUT2D eigenvalue weighted by molar-refractivity contribution is -0.131. The average Bonchev–Trinajstić information content (AvgIpc) is 2.85. The molecule has 0 spiro atoms. The third-order valence-electron chi connectivity index (χ3n) is 2.25. The van der Waals surface area contributed by atoms with Gasteiger partial charge in [-0.15, -0.1) is 11.3 Å². The van der Waals surface area contributed by atoms with E-state index in [1.54, 1.807) is 12.1 Å². The molecule has 1 heterocycles. The monoisotopic (exact) mass is 296 g/mol. The normalized spacial score (nSPS) is 10.4. The number of aliphatic carboxylic acids is 1. The van der Waals surface area contributed by atoms with Crippen molar-refractivity contribution in [2.75, 3.05) is 13.1 Å². The number of hydrogen-bond acceptors (Lipinski definition) is 4. The quantitative estimate of drug-likeness (QED) is 0.657. The summed E-state index contributed by atoms with van der Waals surface area (Å²) in [6.45, 7) is 2.66. The van der Waals surface area contributed by atoms with E-state index in [4.69, 9.17) is 5.11 Å². The van der Waals surface area contributed by atoms with Crippen LogP contribution in [-0.4, -0.2) is 36.0 Å². The van der Waals surface area contributed by atoms with Crippen LogP contribution in [0.5, 0.6) is 0 Å². The van der Waals surface area contributed by atoms with E-state index in [9.17, 15) is 14.4 Å². The number of carbonyl (C=O) groups excluding carboxylic acids is 2. The summed E-state index contributed by atoms with van der Waals surface area (Å²) in [5.41, 5.74) is 0. The van der Waals surface area contributed by atoms with Gasteiger partial charge in [-0.05, 0) is 25.1 Å². The summed E-state index contributed by atoms with van der Waals surface area (Å²) in [6.07, 6.45) is 2.68.